The van der Waals surface area contributed by atoms with E-state index in [0.717, 1.165) is 17.3 Å². The number of nitrogens with one attached hydrogen (secondary N) is 2. The average molecular weight is 584 g/mol. The number of esters is 1. The van der Waals surface area contributed by atoms with Crippen molar-refractivity contribution in [2.75, 3.05) is 17.7 Å². The maximum atomic E-state index is 12.8. The molecule has 1 unspecified atom stereocenters. The molecule has 3 aromatic rings. The predicted molar refractivity (Wildman–Crippen MR) is 160 cm³/mol. The van der Waals surface area contributed by atoms with Crippen molar-refractivity contribution >= 4 is 46.9 Å². The minimum Gasteiger partial charge on any atom is -0.467 e. The first-order chi connectivity index (χ1) is 20.0. The van der Waals surface area contributed by atoms with Gasteiger partial charge in [0.05, 0.1) is 36.5 Å². The van der Waals surface area contributed by atoms with Gasteiger partial charge in [-0.15, -0.1) is 0 Å². The van der Waals surface area contributed by atoms with E-state index < -0.39 is 41.0 Å². The third-order valence-corrected chi connectivity index (χ3v) is 6.40. The van der Waals surface area contributed by atoms with E-state index in [1.54, 1.807) is 45.0 Å². The number of amides is 2. The van der Waals surface area contributed by atoms with Gasteiger partial charge in [-0.05, 0) is 63.2 Å². The largest absolute Gasteiger partial charge is 0.467 e. The molecule has 0 spiro atoms. The van der Waals surface area contributed by atoms with Crippen molar-refractivity contribution in [3.63, 3.8) is 0 Å². The summed E-state index contributed by atoms with van der Waals surface area (Å²) < 4.78 is 10.3. The molecule has 0 saturated carbocycles. The summed E-state index contributed by atoms with van der Waals surface area (Å²) in [5, 5.41) is 13.5. The van der Waals surface area contributed by atoms with E-state index in [4.69, 9.17) is 14.7 Å². The van der Waals surface area contributed by atoms with E-state index >= 15 is 0 Å². The van der Waals surface area contributed by atoms with E-state index in [0.29, 0.717) is 10.5 Å². The van der Waals surface area contributed by atoms with Crippen LogP contribution in [0.2, 0.25) is 0 Å². The number of ether oxygens (including phenoxy) is 2. The molecule has 1 atom stereocenters. The second-order valence-corrected chi connectivity index (χ2v) is 11.0. The number of methoxy groups -OCH3 is 1. The number of benzene rings is 3. The fraction of sp³-hybridized carbons (Fsp3) is 0.219. The number of rotatable bonds is 8. The lowest BCUT2D eigenvalue weighted by molar-refractivity contribution is -0.138. The molecule has 0 fully saturated rings. The third-order valence-electron chi connectivity index (χ3n) is 5.33. The van der Waals surface area contributed by atoms with Crippen LogP contribution in [-0.2, 0) is 19.1 Å². The summed E-state index contributed by atoms with van der Waals surface area (Å²) in [7, 11) is 1.27. The first kappa shape index (κ1) is 31.5. The highest BCUT2D eigenvalue weighted by Gasteiger charge is 2.22. The molecule has 10 heteroatoms. The predicted octanol–water partition coefficient (Wildman–Crippen LogP) is 5.80. The van der Waals surface area contributed by atoms with Crippen LogP contribution in [0.25, 0.3) is 0 Å². The van der Waals surface area contributed by atoms with Crippen LogP contribution in [0.4, 0.5) is 16.2 Å². The van der Waals surface area contributed by atoms with Crippen molar-refractivity contribution in [1.29, 1.82) is 5.26 Å². The normalized spacial score (nSPS) is 11.1. The Labute approximate surface area is 248 Å². The molecular weight excluding hydrogens is 554 g/mol. The highest BCUT2D eigenvalue weighted by atomic mass is 32.2. The quantitative estimate of drug-likeness (QED) is 0.112. The smallest absolute Gasteiger partial charge is 0.412 e. The van der Waals surface area contributed by atoms with Gasteiger partial charge in [-0.1, -0.05) is 53.9 Å². The van der Waals surface area contributed by atoms with Gasteiger partial charge in [-0.3, -0.25) is 14.9 Å². The van der Waals surface area contributed by atoms with E-state index in [-0.39, 0.29) is 16.9 Å². The number of nitrogens with zero attached hydrogens (tertiary/aromatic N) is 1. The Balaban J connectivity index is 1.86. The summed E-state index contributed by atoms with van der Waals surface area (Å²) in [4.78, 5) is 51.1. The van der Waals surface area contributed by atoms with E-state index in [1.807, 2.05) is 36.4 Å². The van der Waals surface area contributed by atoms with Crippen LogP contribution < -0.4 is 10.6 Å². The lowest BCUT2D eigenvalue weighted by Crippen LogP contribution is -2.27. The number of thioether (sulfide) groups is 1. The van der Waals surface area contributed by atoms with Gasteiger partial charge in [-0.2, -0.15) is 5.26 Å². The van der Waals surface area contributed by atoms with Gasteiger partial charge in [0.15, 0.2) is 11.0 Å². The van der Waals surface area contributed by atoms with Crippen molar-refractivity contribution in [3.05, 3.63) is 89.5 Å². The molecule has 2 N–H and O–H groups in total. The monoisotopic (exact) mass is 583 g/mol. The van der Waals surface area contributed by atoms with Crippen LogP contribution in [0, 0.1) is 23.2 Å². The van der Waals surface area contributed by atoms with Crippen LogP contribution in [-0.4, -0.2) is 41.7 Å². The van der Waals surface area contributed by atoms with Crippen LogP contribution in [0.1, 0.15) is 48.7 Å². The number of hydrogen-bond donors (Lipinski definition) is 2. The lowest BCUT2D eigenvalue weighted by atomic mass is 10.1. The molecule has 214 valence electrons. The molecule has 0 heterocycles. The average Bonchev–Trinajstić information content (AvgIpc) is 2.95. The molecule has 9 nitrogen and oxygen atoms in total. The Morgan fingerprint density at radius 1 is 0.905 bits per heavy atom. The molecule has 0 bridgehead atoms. The van der Waals surface area contributed by atoms with Gasteiger partial charge in [0.2, 0.25) is 5.91 Å². The number of ketones is 1. The topological polar surface area (TPSA) is 135 Å². The van der Waals surface area contributed by atoms with Crippen molar-refractivity contribution in [2.24, 2.45) is 0 Å². The van der Waals surface area contributed by atoms with Crippen LogP contribution >= 0.6 is 11.8 Å². The van der Waals surface area contributed by atoms with Crippen LogP contribution in [0.15, 0.2) is 77.7 Å². The molecule has 0 aliphatic rings. The van der Waals surface area contributed by atoms with Gasteiger partial charge >= 0.3 is 12.1 Å². The van der Waals surface area contributed by atoms with Gasteiger partial charge in [-0.25, -0.2) is 9.59 Å². The first-order valence-corrected chi connectivity index (χ1v) is 13.6. The van der Waals surface area contributed by atoms with Crippen molar-refractivity contribution in [1.82, 2.24) is 0 Å². The molecule has 3 aromatic carbocycles. The molecule has 3 rings (SSSR count). The molecule has 0 radical (unpaired) electrons. The Morgan fingerprint density at radius 2 is 1.62 bits per heavy atom. The molecule has 0 aliphatic heterocycles. The standard InChI is InChI=1S/C32H29N3O6S/c1-32(2,3)41-31(39)35-26-18-24(42-28(30(38)40-4)16-13-21-9-6-5-7-10-21)14-15-25(26)34-29(37)19-27(36)23-12-8-11-22(17-23)20-33/h5-12,14-15,17-18,28H,19H2,1-4H3,(H,34,37)(H,35,39). The number of Topliss-reactive ketones (excluding diaryl/α,β-unsaturated/α-hetero) is 1. The summed E-state index contributed by atoms with van der Waals surface area (Å²) >= 11 is 1.10. The summed E-state index contributed by atoms with van der Waals surface area (Å²) in [5.74, 6) is 4.22. The Kier molecular flexibility index (Phi) is 10.9. The fourth-order valence-corrected chi connectivity index (χ4v) is 4.39. The minimum absolute atomic E-state index is 0.182. The molecule has 0 aromatic heterocycles. The maximum absolute atomic E-state index is 12.8. The van der Waals surface area contributed by atoms with Crippen LogP contribution in [0.3, 0.4) is 0 Å². The molecule has 2 amide bonds. The SMILES string of the molecule is COC(=O)C(C#Cc1ccccc1)Sc1ccc(NC(=O)CC(=O)c2cccc(C#N)c2)c(NC(=O)OC(C)(C)C)c1. The number of nitriles is 1. The number of anilines is 2. The molecule has 0 aliphatic carbocycles. The third kappa shape index (κ3) is 9.84. The summed E-state index contributed by atoms with van der Waals surface area (Å²) in [6.07, 6.45) is -1.26. The van der Waals surface area contributed by atoms with E-state index in [9.17, 15) is 19.2 Å². The van der Waals surface area contributed by atoms with Crippen molar-refractivity contribution in [2.45, 2.75) is 42.9 Å². The zero-order chi connectivity index (χ0) is 30.7. The van der Waals surface area contributed by atoms with Gasteiger partial charge in [0.25, 0.3) is 0 Å². The second kappa shape index (κ2) is 14.5. The molecule has 42 heavy (non-hydrogen) atoms. The summed E-state index contributed by atoms with van der Waals surface area (Å²) in [5.41, 5.74) is 0.865. The second-order valence-electron chi connectivity index (χ2n) is 9.83. The Morgan fingerprint density at radius 3 is 2.29 bits per heavy atom. The van der Waals surface area contributed by atoms with Gasteiger partial charge < -0.3 is 14.8 Å². The van der Waals surface area contributed by atoms with Gasteiger partial charge in [0, 0.05) is 16.0 Å². The van der Waals surface area contributed by atoms with Crippen molar-refractivity contribution in [3.8, 4) is 17.9 Å². The maximum Gasteiger partial charge on any atom is 0.412 e. The van der Waals surface area contributed by atoms with Crippen molar-refractivity contribution < 1.29 is 28.7 Å². The highest BCUT2D eigenvalue weighted by Crippen LogP contribution is 2.32. The van der Waals surface area contributed by atoms with E-state index in [2.05, 4.69) is 22.5 Å². The summed E-state index contributed by atoms with van der Waals surface area (Å²) in [6, 6.07) is 21.9. The number of hydrogen-bond acceptors (Lipinski definition) is 8. The highest BCUT2D eigenvalue weighted by molar-refractivity contribution is 8.00. The fourth-order valence-electron chi connectivity index (χ4n) is 3.48. The lowest BCUT2D eigenvalue weighted by Gasteiger charge is -2.21. The zero-order valence-electron chi connectivity index (χ0n) is 23.5. The zero-order valence-corrected chi connectivity index (χ0v) is 24.3. The minimum atomic E-state index is -0.883. The first-order valence-electron chi connectivity index (χ1n) is 12.8. The Bertz CT molecular complexity index is 1580. The Hall–Kier alpha value is -5.06. The number of carbonyl (C=O) groups excluding carboxylic acids is 4. The van der Waals surface area contributed by atoms with Gasteiger partial charge in [0.1, 0.15) is 5.60 Å². The summed E-state index contributed by atoms with van der Waals surface area (Å²) in [6.45, 7) is 5.13. The van der Waals surface area contributed by atoms with E-state index in [1.165, 1.54) is 25.3 Å². The molecular formula is C32H29N3O6S. The number of carbonyl (C=O) groups is 4. The van der Waals surface area contributed by atoms with Crippen LogP contribution in [0.5, 0.6) is 0 Å². The molecule has 0 saturated heterocycles.